The summed E-state index contributed by atoms with van der Waals surface area (Å²) in [5.41, 5.74) is 2.47. The molecule has 0 unspecified atom stereocenters. The van der Waals surface area contributed by atoms with Crippen molar-refractivity contribution in [1.82, 2.24) is 4.90 Å². The quantitative estimate of drug-likeness (QED) is 0.601. The summed E-state index contributed by atoms with van der Waals surface area (Å²) in [7, 11) is 0. The molecule has 2 aromatic rings. The summed E-state index contributed by atoms with van der Waals surface area (Å²) in [6, 6.07) is 13.0. The molecule has 0 spiro atoms. The minimum atomic E-state index is -0.603. The van der Waals surface area contributed by atoms with E-state index in [4.69, 9.17) is 21.1 Å². The van der Waals surface area contributed by atoms with Crippen molar-refractivity contribution in [3.05, 3.63) is 58.6 Å². The van der Waals surface area contributed by atoms with Gasteiger partial charge < -0.3 is 19.3 Å². The van der Waals surface area contributed by atoms with Gasteiger partial charge in [0.1, 0.15) is 5.60 Å². The Labute approximate surface area is 206 Å². The van der Waals surface area contributed by atoms with E-state index in [1.165, 1.54) is 0 Å². The molecule has 4 rings (SSSR count). The third-order valence-electron chi connectivity index (χ3n) is 6.03. The zero-order chi connectivity index (χ0) is 24.5. The number of anilines is 2. The van der Waals surface area contributed by atoms with Gasteiger partial charge >= 0.3 is 6.09 Å². The molecular weight excluding hydrogens is 454 g/mol. The normalized spacial score (nSPS) is 18.9. The molecule has 0 bridgehead atoms. The molecule has 2 heterocycles. The molecule has 0 saturated carbocycles. The van der Waals surface area contributed by atoms with Gasteiger partial charge in [0.25, 0.3) is 5.91 Å². The summed E-state index contributed by atoms with van der Waals surface area (Å²) in [4.78, 5) is 32.3. The minimum Gasteiger partial charge on any atom is -0.444 e. The second kappa shape index (κ2) is 9.84. The Kier molecular flexibility index (Phi) is 7.05. The van der Waals surface area contributed by atoms with Crippen molar-refractivity contribution in [2.24, 2.45) is 0 Å². The standard InChI is InChI=1S/C26H32ClN3O4/c1-18-16-30(23-8-6-5-7-19(23)17-29(18)25(32)34-26(2,3)4)24(31)21-10-9-20(15-22(21)27)28-11-13-33-14-12-28/h5-10,15,18H,11-14,16-17H2,1-4H3/t18-/m1/s1. The van der Waals surface area contributed by atoms with Crippen molar-refractivity contribution in [3.8, 4) is 0 Å². The lowest BCUT2D eigenvalue weighted by atomic mass is 10.1. The Balaban J connectivity index is 1.62. The summed E-state index contributed by atoms with van der Waals surface area (Å²) in [5.74, 6) is -0.191. The number of morpholine rings is 1. The van der Waals surface area contributed by atoms with Crippen LogP contribution in [0.15, 0.2) is 42.5 Å². The van der Waals surface area contributed by atoms with Crippen LogP contribution in [0.2, 0.25) is 5.02 Å². The van der Waals surface area contributed by atoms with Gasteiger partial charge in [0.2, 0.25) is 0 Å². The summed E-state index contributed by atoms with van der Waals surface area (Å²) in [6.45, 7) is 11.1. The third kappa shape index (κ3) is 5.31. The molecule has 0 aliphatic carbocycles. The Morgan fingerprint density at radius 3 is 2.47 bits per heavy atom. The Hall–Kier alpha value is -2.77. The van der Waals surface area contributed by atoms with Crippen LogP contribution in [0.25, 0.3) is 0 Å². The molecule has 2 aliphatic heterocycles. The molecule has 2 amide bonds. The summed E-state index contributed by atoms with van der Waals surface area (Å²) < 4.78 is 11.1. The van der Waals surface area contributed by atoms with E-state index in [2.05, 4.69) is 4.90 Å². The van der Waals surface area contributed by atoms with Crippen LogP contribution >= 0.6 is 11.6 Å². The molecular formula is C26H32ClN3O4. The van der Waals surface area contributed by atoms with E-state index in [1.807, 2.05) is 64.1 Å². The van der Waals surface area contributed by atoms with Crippen molar-refractivity contribution in [3.63, 3.8) is 0 Å². The molecule has 8 heteroatoms. The number of rotatable bonds is 2. The molecule has 34 heavy (non-hydrogen) atoms. The van der Waals surface area contributed by atoms with Gasteiger partial charge in [-0.1, -0.05) is 29.8 Å². The molecule has 2 aromatic carbocycles. The van der Waals surface area contributed by atoms with Gasteiger partial charge in [0.15, 0.2) is 0 Å². The highest BCUT2D eigenvalue weighted by atomic mass is 35.5. The number of carbonyl (C=O) groups is 2. The Morgan fingerprint density at radius 2 is 1.79 bits per heavy atom. The molecule has 1 atom stereocenters. The van der Waals surface area contributed by atoms with Crippen LogP contribution in [-0.4, -0.2) is 61.4 Å². The van der Waals surface area contributed by atoms with E-state index in [0.717, 1.165) is 30.0 Å². The maximum absolute atomic E-state index is 13.7. The van der Waals surface area contributed by atoms with E-state index in [-0.39, 0.29) is 11.9 Å². The lowest BCUT2D eigenvalue weighted by Gasteiger charge is -2.31. The fraction of sp³-hybridized carbons (Fsp3) is 0.462. The number of ether oxygens (including phenoxy) is 2. The first-order chi connectivity index (χ1) is 16.1. The first kappa shape index (κ1) is 24.4. The molecule has 2 aliphatic rings. The molecule has 0 N–H and O–H groups in total. The van der Waals surface area contributed by atoms with Crippen LogP contribution in [0.5, 0.6) is 0 Å². The highest BCUT2D eigenvalue weighted by molar-refractivity contribution is 6.34. The van der Waals surface area contributed by atoms with Crippen LogP contribution in [0, 0.1) is 0 Å². The lowest BCUT2D eigenvalue weighted by Crippen LogP contribution is -2.46. The van der Waals surface area contributed by atoms with Crippen LogP contribution in [0.3, 0.4) is 0 Å². The predicted molar refractivity (Wildman–Crippen MR) is 134 cm³/mol. The number of benzene rings is 2. The first-order valence-electron chi connectivity index (χ1n) is 11.7. The smallest absolute Gasteiger partial charge is 0.410 e. The van der Waals surface area contributed by atoms with Crippen molar-refractivity contribution < 1.29 is 19.1 Å². The number of halogens is 1. The fourth-order valence-corrected chi connectivity index (χ4v) is 4.56. The second-order valence-electron chi connectivity index (χ2n) is 9.77. The van der Waals surface area contributed by atoms with Crippen LogP contribution < -0.4 is 9.80 Å². The number of hydrogen-bond donors (Lipinski definition) is 0. The van der Waals surface area contributed by atoms with Gasteiger partial charge in [-0.3, -0.25) is 9.69 Å². The van der Waals surface area contributed by atoms with Crippen molar-refractivity contribution in [2.75, 3.05) is 42.6 Å². The third-order valence-corrected chi connectivity index (χ3v) is 6.35. The van der Waals surface area contributed by atoms with Gasteiger partial charge in [0, 0.05) is 31.0 Å². The molecule has 182 valence electrons. The highest BCUT2D eigenvalue weighted by Gasteiger charge is 2.34. The first-order valence-corrected chi connectivity index (χ1v) is 12.0. The van der Waals surface area contributed by atoms with Crippen LogP contribution in [0.4, 0.5) is 16.2 Å². The average Bonchev–Trinajstić information content (AvgIpc) is 2.95. The van der Waals surface area contributed by atoms with Crippen molar-refractivity contribution in [1.29, 1.82) is 0 Å². The number of hydrogen-bond acceptors (Lipinski definition) is 5. The highest BCUT2D eigenvalue weighted by Crippen LogP contribution is 2.32. The summed E-state index contributed by atoms with van der Waals surface area (Å²) >= 11 is 6.63. The predicted octanol–water partition coefficient (Wildman–Crippen LogP) is 4.96. The lowest BCUT2D eigenvalue weighted by molar-refractivity contribution is 0.0167. The van der Waals surface area contributed by atoms with Crippen LogP contribution in [-0.2, 0) is 16.0 Å². The Bertz CT molecular complexity index is 1060. The zero-order valence-corrected chi connectivity index (χ0v) is 21.0. The van der Waals surface area contributed by atoms with Gasteiger partial charge in [-0.25, -0.2) is 4.79 Å². The van der Waals surface area contributed by atoms with Gasteiger partial charge in [-0.2, -0.15) is 0 Å². The van der Waals surface area contributed by atoms with E-state index >= 15 is 0 Å². The number of fused-ring (bicyclic) bond motifs is 1. The zero-order valence-electron chi connectivity index (χ0n) is 20.2. The molecule has 1 saturated heterocycles. The van der Waals surface area contributed by atoms with Crippen molar-refractivity contribution >= 4 is 35.0 Å². The van der Waals surface area contributed by atoms with Gasteiger partial charge in [-0.05, 0) is 57.5 Å². The monoisotopic (exact) mass is 485 g/mol. The van der Waals surface area contributed by atoms with E-state index in [1.54, 1.807) is 15.9 Å². The molecule has 0 radical (unpaired) electrons. The van der Waals surface area contributed by atoms with Crippen LogP contribution in [0.1, 0.15) is 43.6 Å². The summed E-state index contributed by atoms with van der Waals surface area (Å²) in [6.07, 6.45) is -0.392. The van der Waals surface area contributed by atoms with E-state index in [0.29, 0.717) is 36.9 Å². The maximum atomic E-state index is 13.7. The molecule has 1 fully saturated rings. The largest absolute Gasteiger partial charge is 0.444 e. The van der Waals surface area contributed by atoms with E-state index < -0.39 is 11.7 Å². The van der Waals surface area contributed by atoms with Gasteiger partial charge in [0.05, 0.1) is 36.4 Å². The minimum absolute atomic E-state index is 0.191. The van der Waals surface area contributed by atoms with E-state index in [9.17, 15) is 9.59 Å². The number of amides is 2. The SMILES string of the molecule is C[C@@H]1CN(C(=O)c2ccc(N3CCOCC3)cc2Cl)c2ccccc2CN1C(=O)OC(C)(C)C. The topological polar surface area (TPSA) is 62.3 Å². The number of para-hydroxylation sites is 1. The summed E-state index contributed by atoms with van der Waals surface area (Å²) in [5, 5.41) is 0.410. The maximum Gasteiger partial charge on any atom is 0.410 e. The average molecular weight is 486 g/mol. The fourth-order valence-electron chi connectivity index (χ4n) is 4.31. The second-order valence-corrected chi connectivity index (χ2v) is 10.2. The number of carbonyl (C=O) groups excluding carboxylic acids is 2. The molecule has 0 aromatic heterocycles. The van der Waals surface area contributed by atoms with Crippen molar-refractivity contribution in [2.45, 2.75) is 45.9 Å². The Morgan fingerprint density at radius 1 is 1.09 bits per heavy atom. The molecule has 7 nitrogen and oxygen atoms in total. The van der Waals surface area contributed by atoms with Gasteiger partial charge in [-0.15, -0.1) is 0 Å². The number of nitrogens with zero attached hydrogens (tertiary/aromatic N) is 3.